The quantitative estimate of drug-likeness (QED) is 0.780. The maximum atomic E-state index is 11.8. The number of carbonyl (C=O) groups is 2. The highest BCUT2D eigenvalue weighted by molar-refractivity contribution is 8.00. The molecular weight excluding hydrogens is 242 g/mol. The highest BCUT2D eigenvalue weighted by atomic mass is 32.2. The van der Waals surface area contributed by atoms with Gasteiger partial charge >= 0.3 is 12.1 Å². The molecule has 1 rings (SSSR count). The van der Waals surface area contributed by atoms with Gasteiger partial charge < -0.3 is 9.84 Å². The van der Waals surface area contributed by atoms with E-state index in [0.717, 1.165) is 0 Å². The predicted molar refractivity (Wildman–Crippen MR) is 65.9 cm³/mol. The number of rotatable bonds is 4. The molecule has 2 atom stereocenters. The fourth-order valence-electron chi connectivity index (χ4n) is 1.67. The minimum atomic E-state index is -0.990. The summed E-state index contributed by atoms with van der Waals surface area (Å²) in [4.78, 5) is 24.2. The van der Waals surface area contributed by atoms with Crippen molar-refractivity contribution in [3.63, 3.8) is 0 Å². The molecule has 5 nitrogen and oxygen atoms in total. The molecule has 1 aliphatic heterocycles. The smallest absolute Gasteiger partial charge is 0.411 e. The number of aliphatic carboxylic acids is 1. The lowest BCUT2D eigenvalue weighted by atomic mass is 10.2. The average Bonchev–Trinajstić information content (AvgIpc) is 2.70. The van der Waals surface area contributed by atoms with Crippen LogP contribution in [0.1, 0.15) is 13.8 Å². The van der Waals surface area contributed by atoms with E-state index in [9.17, 15) is 9.59 Å². The second-order valence-electron chi connectivity index (χ2n) is 4.09. The van der Waals surface area contributed by atoms with E-state index in [1.807, 2.05) is 13.8 Å². The predicted octanol–water partition coefficient (Wildman–Crippen LogP) is 1.79. The van der Waals surface area contributed by atoms with Gasteiger partial charge in [-0.3, -0.25) is 4.90 Å². The number of hydrogen-bond donors (Lipinski definition) is 1. The Labute approximate surface area is 105 Å². The lowest BCUT2D eigenvalue weighted by Gasteiger charge is -2.28. The molecule has 1 N–H and O–H groups in total. The van der Waals surface area contributed by atoms with Crippen LogP contribution in [0.15, 0.2) is 12.7 Å². The number of ether oxygens (including phenoxy) is 1. The molecule has 1 aliphatic rings. The summed E-state index contributed by atoms with van der Waals surface area (Å²) in [6, 6.07) is -0.801. The molecule has 1 fully saturated rings. The highest BCUT2D eigenvalue weighted by Crippen LogP contribution is 2.34. The largest absolute Gasteiger partial charge is 0.480 e. The molecule has 0 aliphatic carbocycles. The van der Waals surface area contributed by atoms with Crippen LogP contribution in [0.5, 0.6) is 0 Å². The Hall–Kier alpha value is -1.17. The number of carboxylic acid groups (broad SMARTS) is 1. The van der Waals surface area contributed by atoms with Gasteiger partial charge in [0.15, 0.2) is 0 Å². The van der Waals surface area contributed by atoms with Gasteiger partial charge in [-0.25, -0.2) is 9.59 Å². The molecule has 0 aromatic rings. The van der Waals surface area contributed by atoms with E-state index in [0.29, 0.717) is 5.75 Å². The molecule has 2 unspecified atom stereocenters. The lowest BCUT2D eigenvalue weighted by molar-refractivity contribution is -0.141. The molecule has 6 heteroatoms. The molecule has 0 aromatic carbocycles. The van der Waals surface area contributed by atoms with Crippen molar-refractivity contribution < 1.29 is 19.4 Å². The molecule has 1 amide bonds. The van der Waals surface area contributed by atoms with Crippen LogP contribution < -0.4 is 0 Å². The van der Waals surface area contributed by atoms with Gasteiger partial charge in [-0.1, -0.05) is 26.5 Å². The molecule has 1 heterocycles. The summed E-state index contributed by atoms with van der Waals surface area (Å²) in [7, 11) is 0. The molecule has 0 bridgehead atoms. The number of hydrogen-bond acceptors (Lipinski definition) is 4. The Balaban J connectivity index is 2.81. The third-order valence-corrected chi connectivity index (χ3v) is 4.05. The first-order chi connectivity index (χ1) is 7.99. The third-order valence-electron chi connectivity index (χ3n) is 2.43. The van der Waals surface area contributed by atoms with Crippen molar-refractivity contribution >= 4 is 23.8 Å². The first-order valence-electron chi connectivity index (χ1n) is 5.39. The Kier molecular flexibility index (Phi) is 4.86. The maximum absolute atomic E-state index is 11.8. The van der Waals surface area contributed by atoms with Crippen LogP contribution in [0, 0.1) is 5.92 Å². The summed E-state index contributed by atoms with van der Waals surface area (Å²) in [6.07, 6.45) is 0.877. The molecule has 96 valence electrons. The summed E-state index contributed by atoms with van der Waals surface area (Å²) in [5.41, 5.74) is 0. The molecular formula is C11H17NO4S. The Morgan fingerprint density at radius 3 is 2.76 bits per heavy atom. The van der Waals surface area contributed by atoms with Crippen LogP contribution in [0.2, 0.25) is 0 Å². The second kappa shape index (κ2) is 5.95. The third kappa shape index (κ3) is 3.15. The fraction of sp³-hybridized carbons (Fsp3) is 0.636. The van der Waals surface area contributed by atoms with Gasteiger partial charge in [0.2, 0.25) is 0 Å². The van der Waals surface area contributed by atoms with E-state index in [2.05, 4.69) is 6.58 Å². The molecule has 1 saturated heterocycles. The van der Waals surface area contributed by atoms with Crippen LogP contribution in [-0.4, -0.2) is 45.8 Å². The van der Waals surface area contributed by atoms with Crippen molar-refractivity contribution in [3.05, 3.63) is 12.7 Å². The number of amides is 1. The van der Waals surface area contributed by atoms with Gasteiger partial charge in [0, 0.05) is 5.75 Å². The highest BCUT2D eigenvalue weighted by Gasteiger charge is 2.43. The number of carbonyl (C=O) groups excluding carboxylic acids is 1. The van der Waals surface area contributed by atoms with Gasteiger partial charge in [-0.15, -0.1) is 11.8 Å². The number of nitrogens with zero attached hydrogens (tertiary/aromatic N) is 1. The van der Waals surface area contributed by atoms with Crippen LogP contribution >= 0.6 is 11.8 Å². The minimum Gasteiger partial charge on any atom is -0.480 e. The summed E-state index contributed by atoms with van der Waals surface area (Å²) >= 11 is 1.48. The Morgan fingerprint density at radius 2 is 2.29 bits per heavy atom. The average molecular weight is 259 g/mol. The van der Waals surface area contributed by atoms with E-state index in [1.165, 1.54) is 22.7 Å². The summed E-state index contributed by atoms with van der Waals surface area (Å²) in [6.45, 7) is 7.45. The summed E-state index contributed by atoms with van der Waals surface area (Å²) < 4.78 is 4.93. The molecule has 0 aromatic heterocycles. The summed E-state index contributed by atoms with van der Waals surface area (Å²) in [5.74, 6) is -0.404. The topological polar surface area (TPSA) is 66.8 Å². The van der Waals surface area contributed by atoms with E-state index in [-0.39, 0.29) is 17.9 Å². The monoisotopic (exact) mass is 259 g/mol. The van der Waals surface area contributed by atoms with Crippen LogP contribution in [0.3, 0.4) is 0 Å². The Morgan fingerprint density at radius 1 is 1.65 bits per heavy atom. The van der Waals surface area contributed by atoms with Crippen molar-refractivity contribution in [2.75, 3.05) is 12.4 Å². The van der Waals surface area contributed by atoms with Crippen molar-refractivity contribution in [3.8, 4) is 0 Å². The van der Waals surface area contributed by atoms with Crippen molar-refractivity contribution in [2.24, 2.45) is 5.92 Å². The zero-order chi connectivity index (χ0) is 13.0. The number of thioether (sulfide) groups is 1. The maximum Gasteiger partial charge on any atom is 0.411 e. The van der Waals surface area contributed by atoms with E-state index < -0.39 is 18.1 Å². The standard InChI is InChI=1S/C11H17NO4S/c1-4-5-16-11(15)12-8(10(13)14)6-17-9(12)7(2)3/h4,7-9H,1,5-6H2,2-3H3,(H,13,14). The SMILES string of the molecule is C=CCOC(=O)N1C(C(=O)O)CSC1C(C)C. The normalized spacial score (nSPS) is 23.8. The van der Waals surface area contributed by atoms with Crippen molar-refractivity contribution in [2.45, 2.75) is 25.3 Å². The molecule has 0 saturated carbocycles. The van der Waals surface area contributed by atoms with Gasteiger partial charge in [0.05, 0.1) is 5.37 Å². The first kappa shape index (κ1) is 13.9. The second-order valence-corrected chi connectivity index (χ2v) is 5.24. The molecule has 0 radical (unpaired) electrons. The first-order valence-corrected chi connectivity index (χ1v) is 6.44. The molecule has 17 heavy (non-hydrogen) atoms. The van der Waals surface area contributed by atoms with Gasteiger partial charge in [-0.2, -0.15) is 0 Å². The number of carboxylic acids is 1. The lowest BCUT2D eigenvalue weighted by Crippen LogP contribution is -2.47. The summed E-state index contributed by atoms with van der Waals surface area (Å²) in [5, 5.41) is 8.93. The van der Waals surface area contributed by atoms with E-state index in [1.54, 1.807) is 0 Å². The minimum absolute atomic E-state index is 0.0944. The van der Waals surface area contributed by atoms with Gasteiger partial charge in [-0.05, 0) is 5.92 Å². The van der Waals surface area contributed by atoms with Crippen LogP contribution in [0.4, 0.5) is 4.79 Å². The van der Waals surface area contributed by atoms with Gasteiger partial charge in [0.1, 0.15) is 12.6 Å². The van der Waals surface area contributed by atoms with Crippen LogP contribution in [-0.2, 0) is 9.53 Å². The van der Waals surface area contributed by atoms with Crippen molar-refractivity contribution in [1.82, 2.24) is 4.90 Å². The zero-order valence-electron chi connectivity index (χ0n) is 9.96. The van der Waals surface area contributed by atoms with E-state index in [4.69, 9.17) is 9.84 Å². The van der Waals surface area contributed by atoms with E-state index >= 15 is 0 Å². The Bertz CT molecular complexity index is 319. The zero-order valence-corrected chi connectivity index (χ0v) is 10.8. The van der Waals surface area contributed by atoms with Crippen molar-refractivity contribution in [1.29, 1.82) is 0 Å². The van der Waals surface area contributed by atoms with Crippen LogP contribution in [0.25, 0.3) is 0 Å². The molecule has 0 spiro atoms. The van der Waals surface area contributed by atoms with Gasteiger partial charge in [0.25, 0.3) is 0 Å². The fourth-order valence-corrected chi connectivity index (χ4v) is 3.13.